The summed E-state index contributed by atoms with van der Waals surface area (Å²) in [5.41, 5.74) is 5.45. The maximum Gasteiger partial charge on any atom is 0.138 e. The molecule has 6 heteroatoms. The van der Waals surface area contributed by atoms with Crippen molar-refractivity contribution in [2.24, 2.45) is 5.16 Å². The van der Waals surface area contributed by atoms with Crippen LogP contribution in [0.1, 0.15) is 43.4 Å². The van der Waals surface area contributed by atoms with Crippen LogP contribution in [0, 0.1) is 0 Å². The van der Waals surface area contributed by atoms with Gasteiger partial charge in [-0.1, -0.05) is 98.2 Å². The monoisotopic (exact) mass is 531 g/mol. The van der Waals surface area contributed by atoms with E-state index in [9.17, 15) is 5.11 Å². The fraction of sp³-hybridized carbons (Fsp3) is 0.281. The molecule has 0 aliphatic heterocycles. The number of benzene rings is 2. The minimum atomic E-state index is 0.413. The zero-order valence-corrected chi connectivity index (χ0v) is 23.6. The van der Waals surface area contributed by atoms with Gasteiger partial charge in [0, 0.05) is 31.8 Å². The second kappa shape index (κ2) is 17.8. The third-order valence-corrected chi connectivity index (χ3v) is 6.68. The van der Waals surface area contributed by atoms with E-state index in [1.165, 1.54) is 17.3 Å². The van der Waals surface area contributed by atoms with Crippen LogP contribution in [0.15, 0.2) is 113 Å². The summed E-state index contributed by atoms with van der Waals surface area (Å²) in [5, 5.41) is 20.0. The van der Waals surface area contributed by atoms with Crippen LogP contribution in [0.25, 0.3) is 5.70 Å². The molecule has 0 spiro atoms. The van der Waals surface area contributed by atoms with Gasteiger partial charge in [0.05, 0.1) is 17.0 Å². The number of nitrogens with zero attached hydrogens (tertiary/aromatic N) is 2. The minimum Gasteiger partial charge on any atom is -0.513 e. The molecule has 2 aromatic carbocycles. The van der Waals surface area contributed by atoms with E-state index in [4.69, 9.17) is 4.84 Å². The van der Waals surface area contributed by atoms with Crippen LogP contribution >= 0.6 is 11.8 Å². The molecule has 0 bridgehead atoms. The molecular formula is C32H41N3O2S. The summed E-state index contributed by atoms with van der Waals surface area (Å²) in [6.45, 7) is 18.8. The average Bonchev–Trinajstić information content (AvgIpc) is 2.93. The lowest BCUT2D eigenvalue weighted by atomic mass is 10.1. The van der Waals surface area contributed by atoms with Crippen molar-refractivity contribution in [2.45, 2.75) is 39.7 Å². The molecular weight excluding hydrogens is 490 g/mol. The molecule has 38 heavy (non-hydrogen) atoms. The van der Waals surface area contributed by atoms with E-state index in [0.29, 0.717) is 25.3 Å². The summed E-state index contributed by atoms with van der Waals surface area (Å²) in [5.74, 6) is 0.413. The van der Waals surface area contributed by atoms with E-state index < -0.39 is 0 Å². The Labute approximate surface area is 233 Å². The van der Waals surface area contributed by atoms with Crippen LogP contribution in [0.5, 0.6) is 0 Å². The predicted molar refractivity (Wildman–Crippen MR) is 165 cm³/mol. The molecule has 0 unspecified atom stereocenters. The van der Waals surface area contributed by atoms with Crippen molar-refractivity contribution >= 4 is 23.7 Å². The second-order valence-electron chi connectivity index (χ2n) is 8.85. The quantitative estimate of drug-likeness (QED) is 0.117. The highest BCUT2D eigenvalue weighted by Crippen LogP contribution is 2.24. The molecule has 2 aromatic rings. The van der Waals surface area contributed by atoms with Crippen LogP contribution in [0.2, 0.25) is 0 Å². The molecule has 2 N–H and O–H groups in total. The van der Waals surface area contributed by atoms with Gasteiger partial charge >= 0.3 is 0 Å². The van der Waals surface area contributed by atoms with Crippen LogP contribution in [0.3, 0.4) is 0 Å². The number of rotatable bonds is 18. The van der Waals surface area contributed by atoms with Gasteiger partial charge in [-0.15, -0.1) is 0 Å². The molecule has 0 atom stereocenters. The summed E-state index contributed by atoms with van der Waals surface area (Å²) in [4.78, 5) is 7.56. The van der Waals surface area contributed by atoms with Crippen molar-refractivity contribution in [3.05, 3.63) is 125 Å². The van der Waals surface area contributed by atoms with Gasteiger partial charge in [-0.2, -0.15) is 0 Å². The Kier molecular flexibility index (Phi) is 14.3. The van der Waals surface area contributed by atoms with Gasteiger partial charge in [0.1, 0.15) is 6.61 Å². The standard InChI is InChI=1S/C32H41N3O2S/c1-6-11-32(36)18-21-33-27(4)31-16-14-30(15-17-31)23-35(22-19-29-12-9-8-10-13-29)28(5)38-25-26(3)24-37-34-20-7-2/h7-17,20,25,33,36H,2,4-6,18-19,21-24H2,1,3H3/b26-25+,32-11?,34-20-. The Morgan fingerprint density at radius 3 is 2.53 bits per heavy atom. The zero-order valence-electron chi connectivity index (χ0n) is 22.7. The number of allylic oxidation sites excluding steroid dienone is 2. The van der Waals surface area contributed by atoms with Gasteiger partial charge in [0.2, 0.25) is 0 Å². The molecule has 0 aromatic heterocycles. The Morgan fingerprint density at radius 2 is 1.84 bits per heavy atom. The van der Waals surface area contributed by atoms with E-state index in [2.05, 4.69) is 89.0 Å². The number of thioether (sulfide) groups is 1. The molecule has 2 rings (SSSR count). The average molecular weight is 532 g/mol. The van der Waals surface area contributed by atoms with Crippen LogP contribution < -0.4 is 5.32 Å². The molecule has 0 amide bonds. The molecule has 0 fully saturated rings. The van der Waals surface area contributed by atoms with Gasteiger partial charge in [-0.3, -0.25) is 0 Å². The molecule has 0 radical (unpaired) electrons. The first-order chi connectivity index (χ1) is 18.4. The topological polar surface area (TPSA) is 57.1 Å². The molecule has 0 saturated carbocycles. The van der Waals surface area contributed by atoms with Crippen molar-refractivity contribution in [3.63, 3.8) is 0 Å². The Bertz CT molecular complexity index is 1110. The van der Waals surface area contributed by atoms with Gasteiger partial charge in [-0.25, -0.2) is 0 Å². The Hall–Kier alpha value is -3.64. The molecule has 0 heterocycles. The maximum absolute atomic E-state index is 9.80. The lowest BCUT2D eigenvalue weighted by molar-refractivity contribution is 0.170. The second-order valence-corrected chi connectivity index (χ2v) is 9.80. The molecule has 0 aliphatic carbocycles. The number of aliphatic hydroxyl groups excluding tert-OH is 1. The van der Waals surface area contributed by atoms with Gasteiger partial charge in [0.15, 0.2) is 0 Å². The largest absolute Gasteiger partial charge is 0.513 e. The van der Waals surface area contributed by atoms with Crippen molar-refractivity contribution in [1.29, 1.82) is 0 Å². The fourth-order valence-electron chi connectivity index (χ4n) is 3.52. The van der Waals surface area contributed by atoms with Gasteiger partial charge in [-0.05, 0) is 59.6 Å². The number of aliphatic hydroxyl groups is 1. The number of nitrogens with one attached hydrogen (secondary N) is 1. The lowest BCUT2D eigenvalue weighted by Gasteiger charge is -2.26. The summed E-state index contributed by atoms with van der Waals surface area (Å²) < 4.78 is 0. The van der Waals surface area contributed by atoms with E-state index in [1.54, 1.807) is 17.8 Å². The van der Waals surface area contributed by atoms with Crippen molar-refractivity contribution in [3.8, 4) is 0 Å². The molecule has 5 nitrogen and oxygen atoms in total. The number of hydrogen-bond donors (Lipinski definition) is 2. The highest BCUT2D eigenvalue weighted by atomic mass is 32.2. The summed E-state index contributed by atoms with van der Waals surface area (Å²) in [6, 6.07) is 18.9. The highest BCUT2D eigenvalue weighted by molar-refractivity contribution is 8.05. The summed E-state index contributed by atoms with van der Waals surface area (Å²) in [7, 11) is 0. The SMILES string of the molecule is C=C/C=N\OC/C(C)=C/SC(=C)N(CCc1ccccc1)Cc1ccc(C(=C)NCCC(O)=CCC)cc1. The smallest absolute Gasteiger partial charge is 0.138 e. The van der Waals surface area contributed by atoms with Crippen LogP contribution in [-0.4, -0.2) is 35.9 Å². The number of oxime groups is 1. The molecule has 0 aliphatic rings. The van der Waals surface area contributed by atoms with E-state index in [0.717, 1.165) is 47.8 Å². The third kappa shape index (κ3) is 12.1. The van der Waals surface area contributed by atoms with E-state index in [1.807, 2.05) is 26.0 Å². The minimum absolute atomic E-state index is 0.413. The van der Waals surface area contributed by atoms with Crippen molar-refractivity contribution in [1.82, 2.24) is 10.2 Å². The normalized spacial score (nSPS) is 11.8. The molecule has 0 saturated heterocycles. The van der Waals surface area contributed by atoms with Crippen LogP contribution in [0.4, 0.5) is 0 Å². The first kappa shape index (κ1) is 30.6. The predicted octanol–water partition coefficient (Wildman–Crippen LogP) is 7.83. The first-order valence-corrected chi connectivity index (χ1v) is 13.8. The van der Waals surface area contributed by atoms with E-state index in [-0.39, 0.29) is 0 Å². The van der Waals surface area contributed by atoms with Gasteiger partial charge < -0.3 is 20.2 Å². The highest BCUT2D eigenvalue weighted by Gasteiger charge is 2.10. The van der Waals surface area contributed by atoms with Crippen molar-refractivity contribution < 1.29 is 9.94 Å². The molecule has 202 valence electrons. The maximum atomic E-state index is 9.80. The number of hydrogen-bond acceptors (Lipinski definition) is 6. The van der Waals surface area contributed by atoms with Crippen molar-refractivity contribution in [2.75, 3.05) is 19.7 Å². The van der Waals surface area contributed by atoms with Gasteiger partial charge in [0.25, 0.3) is 0 Å². The van der Waals surface area contributed by atoms with Crippen LogP contribution in [-0.2, 0) is 17.8 Å². The first-order valence-electron chi connectivity index (χ1n) is 12.9. The fourth-order valence-corrected chi connectivity index (χ4v) is 4.23. The third-order valence-electron chi connectivity index (χ3n) is 5.63. The summed E-state index contributed by atoms with van der Waals surface area (Å²) in [6.07, 6.45) is 7.29. The summed E-state index contributed by atoms with van der Waals surface area (Å²) >= 11 is 1.60. The zero-order chi connectivity index (χ0) is 27.6. The Balaban J connectivity index is 2.01. The van der Waals surface area contributed by atoms with E-state index >= 15 is 0 Å². The lowest BCUT2D eigenvalue weighted by Crippen LogP contribution is -2.23. The Morgan fingerprint density at radius 1 is 1.11 bits per heavy atom.